The first kappa shape index (κ1) is 22.4. The Balaban J connectivity index is 1.59. The van der Waals surface area contributed by atoms with E-state index in [-0.39, 0.29) is 11.6 Å². The monoisotopic (exact) mass is 477 g/mol. The first-order valence-corrected chi connectivity index (χ1v) is 12.1. The fraction of sp³-hybridized carbons (Fsp3) is 0.280. The fourth-order valence-electron chi connectivity index (χ4n) is 4.43. The van der Waals surface area contributed by atoms with Crippen LogP contribution in [0.4, 0.5) is 10.2 Å². The van der Waals surface area contributed by atoms with Crippen LogP contribution in [0.25, 0.3) is 26.9 Å². The van der Waals surface area contributed by atoms with Crippen molar-refractivity contribution in [3.05, 3.63) is 65.6 Å². The summed E-state index contributed by atoms with van der Waals surface area (Å²) in [7, 11) is 1.80. The number of hydrogen-bond acceptors (Lipinski definition) is 5. The molecule has 1 saturated heterocycles. The van der Waals surface area contributed by atoms with Gasteiger partial charge in [0.1, 0.15) is 12.9 Å². The Morgan fingerprint density at radius 3 is 2.85 bits per heavy atom. The Morgan fingerprint density at radius 2 is 2.18 bits per heavy atom. The second-order valence-corrected chi connectivity index (χ2v) is 9.53. The SMILES string of the molecule is C=C(C)c1csc2c(N(C(=O)c3ccc(-c4c[n+](C)[nH]n4)cc3F)[C@@H]3CCCNC3)nccc12. The summed E-state index contributed by atoms with van der Waals surface area (Å²) in [5.74, 6) is -0.407. The molecule has 174 valence electrons. The number of aryl methyl sites for hydroxylation is 1. The number of anilines is 1. The van der Waals surface area contributed by atoms with E-state index >= 15 is 4.39 Å². The van der Waals surface area contributed by atoms with Gasteiger partial charge >= 0.3 is 0 Å². The van der Waals surface area contributed by atoms with Crippen molar-refractivity contribution in [3.63, 3.8) is 0 Å². The summed E-state index contributed by atoms with van der Waals surface area (Å²) in [5, 5.41) is 13.4. The average Bonchev–Trinajstić information content (AvgIpc) is 3.47. The van der Waals surface area contributed by atoms with Gasteiger partial charge in [-0.15, -0.1) is 11.3 Å². The van der Waals surface area contributed by atoms with Gasteiger partial charge in [-0.05, 0) is 67.1 Å². The van der Waals surface area contributed by atoms with E-state index in [0.29, 0.717) is 23.6 Å². The number of aromatic amines is 1. The third-order valence-corrected chi connectivity index (χ3v) is 7.14. The molecule has 0 aliphatic carbocycles. The first-order valence-electron chi connectivity index (χ1n) is 11.2. The number of pyridine rings is 1. The van der Waals surface area contributed by atoms with Gasteiger partial charge in [-0.1, -0.05) is 11.8 Å². The molecule has 4 heterocycles. The predicted octanol–water partition coefficient (Wildman–Crippen LogP) is 4.08. The highest BCUT2D eigenvalue weighted by molar-refractivity contribution is 7.18. The van der Waals surface area contributed by atoms with Gasteiger partial charge in [0.05, 0.1) is 16.3 Å². The molecule has 1 fully saturated rings. The van der Waals surface area contributed by atoms with Gasteiger partial charge in [0.15, 0.2) is 12.0 Å². The minimum absolute atomic E-state index is 0.0183. The van der Waals surface area contributed by atoms with Crippen molar-refractivity contribution in [3.8, 4) is 11.3 Å². The van der Waals surface area contributed by atoms with E-state index < -0.39 is 11.7 Å². The Bertz CT molecular complexity index is 1390. The third kappa shape index (κ3) is 4.01. The molecule has 5 rings (SSSR count). The number of aromatic nitrogens is 4. The van der Waals surface area contributed by atoms with E-state index in [1.165, 1.54) is 17.4 Å². The van der Waals surface area contributed by atoms with E-state index in [1.807, 2.05) is 18.4 Å². The highest BCUT2D eigenvalue weighted by Crippen LogP contribution is 2.37. The van der Waals surface area contributed by atoms with Crippen molar-refractivity contribution in [1.82, 2.24) is 20.6 Å². The minimum Gasteiger partial charge on any atom is -0.315 e. The lowest BCUT2D eigenvalue weighted by molar-refractivity contribution is -0.730. The molecule has 0 unspecified atom stereocenters. The van der Waals surface area contributed by atoms with Crippen LogP contribution in [0.15, 0.2) is 48.6 Å². The average molecular weight is 478 g/mol. The molecular formula is C25H26FN6OS+. The number of carbonyl (C=O) groups is 1. The van der Waals surface area contributed by atoms with Crippen molar-refractivity contribution in [2.24, 2.45) is 7.05 Å². The van der Waals surface area contributed by atoms with Gasteiger partial charge < -0.3 is 5.32 Å². The molecule has 34 heavy (non-hydrogen) atoms. The number of nitrogens with zero attached hydrogens (tertiary/aromatic N) is 4. The van der Waals surface area contributed by atoms with Crippen molar-refractivity contribution in [1.29, 1.82) is 0 Å². The van der Waals surface area contributed by atoms with Gasteiger partial charge in [0, 0.05) is 28.8 Å². The highest BCUT2D eigenvalue weighted by Gasteiger charge is 2.32. The molecule has 2 N–H and O–H groups in total. The second kappa shape index (κ2) is 9.08. The lowest BCUT2D eigenvalue weighted by Gasteiger charge is -2.34. The highest BCUT2D eigenvalue weighted by atomic mass is 32.1. The number of thiophene rings is 1. The molecule has 0 spiro atoms. The Morgan fingerprint density at radius 1 is 1.32 bits per heavy atom. The normalized spacial score (nSPS) is 16.0. The molecule has 0 saturated carbocycles. The quantitative estimate of drug-likeness (QED) is 0.425. The number of H-pyrrole nitrogens is 1. The van der Waals surface area contributed by atoms with E-state index in [1.54, 1.807) is 41.2 Å². The number of allylic oxidation sites excluding steroid dienone is 1. The molecule has 1 aromatic carbocycles. The van der Waals surface area contributed by atoms with Crippen LogP contribution in [0.5, 0.6) is 0 Å². The summed E-state index contributed by atoms with van der Waals surface area (Å²) in [6.07, 6.45) is 5.23. The number of fused-ring (bicyclic) bond motifs is 1. The summed E-state index contributed by atoms with van der Waals surface area (Å²) in [4.78, 5) is 20.2. The van der Waals surface area contributed by atoms with E-state index in [2.05, 4.69) is 27.2 Å². The lowest BCUT2D eigenvalue weighted by atomic mass is 10.0. The molecular weight excluding hydrogens is 451 g/mol. The molecule has 1 amide bonds. The maximum absolute atomic E-state index is 15.3. The second-order valence-electron chi connectivity index (χ2n) is 8.65. The summed E-state index contributed by atoms with van der Waals surface area (Å²) < 4.78 is 17.9. The maximum Gasteiger partial charge on any atom is 0.262 e. The predicted molar refractivity (Wildman–Crippen MR) is 132 cm³/mol. The Labute approximate surface area is 200 Å². The van der Waals surface area contributed by atoms with Crippen molar-refractivity contribution < 1.29 is 13.9 Å². The van der Waals surface area contributed by atoms with Crippen LogP contribution in [0, 0.1) is 5.82 Å². The first-order chi connectivity index (χ1) is 16.4. The largest absolute Gasteiger partial charge is 0.315 e. The molecule has 1 atom stereocenters. The number of carbonyl (C=O) groups excluding carboxylic acids is 1. The molecule has 0 bridgehead atoms. The maximum atomic E-state index is 15.3. The van der Waals surface area contributed by atoms with Gasteiger partial charge in [0.2, 0.25) is 5.69 Å². The van der Waals surface area contributed by atoms with E-state index in [4.69, 9.17) is 0 Å². The molecule has 4 aromatic rings. The smallest absolute Gasteiger partial charge is 0.262 e. The molecule has 7 nitrogen and oxygen atoms in total. The number of amides is 1. The summed E-state index contributed by atoms with van der Waals surface area (Å²) in [5.41, 5.74) is 3.21. The van der Waals surface area contributed by atoms with Gasteiger partial charge in [-0.25, -0.2) is 9.37 Å². The van der Waals surface area contributed by atoms with Crippen LogP contribution >= 0.6 is 11.3 Å². The summed E-state index contributed by atoms with van der Waals surface area (Å²) >= 11 is 1.53. The van der Waals surface area contributed by atoms with E-state index in [0.717, 1.165) is 40.6 Å². The van der Waals surface area contributed by atoms with Crippen LogP contribution in [-0.2, 0) is 7.05 Å². The van der Waals surface area contributed by atoms with Gasteiger partial charge in [-0.2, -0.15) is 4.68 Å². The van der Waals surface area contributed by atoms with Gasteiger partial charge in [-0.3, -0.25) is 9.69 Å². The van der Waals surface area contributed by atoms with Crippen molar-refractivity contribution in [2.45, 2.75) is 25.8 Å². The molecule has 1 aliphatic rings. The molecule has 0 radical (unpaired) electrons. The van der Waals surface area contributed by atoms with Crippen LogP contribution in [0.1, 0.15) is 35.7 Å². The number of nitrogens with one attached hydrogen (secondary N) is 2. The zero-order valence-corrected chi connectivity index (χ0v) is 20.0. The molecule has 1 aliphatic heterocycles. The van der Waals surface area contributed by atoms with Crippen LogP contribution < -0.4 is 14.9 Å². The third-order valence-electron chi connectivity index (χ3n) is 6.15. The molecule has 9 heteroatoms. The number of benzene rings is 1. The van der Waals surface area contributed by atoms with Crippen LogP contribution in [-0.4, -0.2) is 40.3 Å². The summed E-state index contributed by atoms with van der Waals surface area (Å²) in [6, 6.07) is 6.44. The topological polar surface area (TPSA) is 77.8 Å². The minimum atomic E-state index is -0.581. The number of hydrogen-bond donors (Lipinski definition) is 2. The van der Waals surface area contributed by atoms with Gasteiger partial charge in [0.25, 0.3) is 5.91 Å². The van der Waals surface area contributed by atoms with Crippen molar-refractivity contribution in [2.75, 3.05) is 18.0 Å². The van der Waals surface area contributed by atoms with E-state index in [9.17, 15) is 4.79 Å². The number of piperidine rings is 1. The zero-order valence-electron chi connectivity index (χ0n) is 19.1. The standard InChI is InChI=1S/C25H25FN6OS/c1-15(2)20-14-34-23-18(20)8-10-28-24(23)32(17-5-4-9-27-12-17)25(33)19-7-6-16(11-21(19)26)22-13-31(3)30-29-22/h6-8,10-11,13-14,17,27H,1,4-5,9,12H2,2-3H3/p+1/t17-/m1/s1. The fourth-order valence-corrected chi connectivity index (χ4v) is 5.55. The van der Waals surface area contributed by atoms with Crippen molar-refractivity contribution >= 4 is 38.7 Å². The number of halogens is 1. The zero-order chi connectivity index (χ0) is 23.8. The number of rotatable bonds is 5. The van der Waals surface area contributed by atoms with Crippen LogP contribution in [0.3, 0.4) is 0 Å². The Kier molecular flexibility index (Phi) is 5.97. The lowest BCUT2D eigenvalue weighted by Crippen LogP contribution is -2.49. The molecule has 3 aromatic heterocycles. The summed E-state index contributed by atoms with van der Waals surface area (Å²) in [6.45, 7) is 7.58. The Hall–Kier alpha value is -3.43. The van der Waals surface area contributed by atoms with Crippen LogP contribution in [0.2, 0.25) is 0 Å².